The Labute approximate surface area is 125 Å². The van der Waals surface area contributed by atoms with E-state index in [4.69, 9.17) is 5.73 Å². The lowest BCUT2D eigenvalue weighted by Gasteiger charge is -2.25. The average Bonchev–Trinajstić information content (AvgIpc) is 2.71. The zero-order chi connectivity index (χ0) is 14.6. The molecule has 7 heteroatoms. The smallest absolute Gasteiger partial charge is 0.185 e. The Balaban J connectivity index is 2.32. The van der Waals surface area contributed by atoms with E-state index in [2.05, 4.69) is 9.27 Å². The lowest BCUT2D eigenvalue weighted by molar-refractivity contribution is 0.555. The summed E-state index contributed by atoms with van der Waals surface area (Å²) >= 11 is 1.22. The Morgan fingerprint density at radius 2 is 1.80 bits per heavy atom. The third kappa shape index (κ3) is 3.44. The SMILES string of the molecule is CCCS(=O)(=O)c1c(N)nsc1N1CCCCCCC1. The molecule has 1 aliphatic heterocycles. The molecular weight excluding hydrogens is 294 g/mol. The third-order valence-electron chi connectivity index (χ3n) is 3.58. The Hall–Kier alpha value is -0.820. The molecule has 0 aliphatic carbocycles. The summed E-state index contributed by atoms with van der Waals surface area (Å²) in [7, 11) is -3.32. The number of nitrogens with zero attached hydrogens (tertiary/aromatic N) is 2. The molecular formula is C13H23N3O2S2. The van der Waals surface area contributed by atoms with Crippen LogP contribution < -0.4 is 10.6 Å². The summed E-state index contributed by atoms with van der Waals surface area (Å²) in [6, 6.07) is 0. The van der Waals surface area contributed by atoms with Crippen molar-refractivity contribution in [3.05, 3.63) is 0 Å². The molecule has 1 aliphatic rings. The van der Waals surface area contributed by atoms with Crippen LogP contribution in [0.2, 0.25) is 0 Å². The van der Waals surface area contributed by atoms with Crippen LogP contribution in [0.4, 0.5) is 10.8 Å². The fraction of sp³-hybridized carbons (Fsp3) is 0.769. The molecule has 2 N–H and O–H groups in total. The van der Waals surface area contributed by atoms with Crippen LogP contribution in [0.1, 0.15) is 45.4 Å². The largest absolute Gasteiger partial charge is 0.382 e. The summed E-state index contributed by atoms with van der Waals surface area (Å²) in [5.74, 6) is 0.303. The van der Waals surface area contributed by atoms with Crippen molar-refractivity contribution in [3.8, 4) is 0 Å². The van der Waals surface area contributed by atoms with Crippen molar-refractivity contribution >= 4 is 32.2 Å². The van der Waals surface area contributed by atoms with Crippen molar-refractivity contribution < 1.29 is 8.42 Å². The highest BCUT2D eigenvalue weighted by atomic mass is 32.2. The lowest BCUT2D eigenvalue weighted by atomic mass is 10.1. The highest BCUT2D eigenvalue weighted by molar-refractivity contribution is 7.91. The molecule has 0 aromatic carbocycles. The van der Waals surface area contributed by atoms with E-state index in [1.807, 2.05) is 6.92 Å². The molecule has 114 valence electrons. The van der Waals surface area contributed by atoms with Crippen LogP contribution in [0.25, 0.3) is 0 Å². The second-order valence-corrected chi connectivity index (χ2v) is 8.07. The molecule has 1 aromatic rings. The first-order valence-corrected chi connectivity index (χ1v) is 9.71. The first kappa shape index (κ1) is 15.6. The molecule has 0 unspecified atom stereocenters. The van der Waals surface area contributed by atoms with Gasteiger partial charge in [-0.25, -0.2) is 8.42 Å². The second kappa shape index (κ2) is 6.76. The van der Waals surface area contributed by atoms with Crippen LogP contribution in [-0.2, 0) is 9.84 Å². The monoisotopic (exact) mass is 317 g/mol. The van der Waals surface area contributed by atoms with Crippen molar-refractivity contribution in [1.82, 2.24) is 4.37 Å². The Morgan fingerprint density at radius 1 is 1.20 bits per heavy atom. The number of hydrogen-bond acceptors (Lipinski definition) is 6. The number of nitrogens with two attached hydrogens (primary N) is 1. The summed E-state index contributed by atoms with van der Waals surface area (Å²) in [4.78, 5) is 2.43. The van der Waals surface area contributed by atoms with Gasteiger partial charge >= 0.3 is 0 Å². The van der Waals surface area contributed by atoms with Crippen LogP contribution in [0.15, 0.2) is 4.90 Å². The van der Waals surface area contributed by atoms with E-state index in [-0.39, 0.29) is 16.5 Å². The molecule has 0 saturated carbocycles. The topological polar surface area (TPSA) is 76.3 Å². The number of nitrogen functional groups attached to an aromatic ring is 1. The maximum Gasteiger partial charge on any atom is 0.185 e. The van der Waals surface area contributed by atoms with Gasteiger partial charge < -0.3 is 10.6 Å². The van der Waals surface area contributed by atoms with Crippen molar-refractivity contribution in [3.63, 3.8) is 0 Å². The predicted molar refractivity (Wildman–Crippen MR) is 84.2 cm³/mol. The first-order valence-electron chi connectivity index (χ1n) is 7.29. The van der Waals surface area contributed by atoms with Gasteiger partial charge in [-0.15, -0.1) is 0 Å². The molecule has 1 saturated heterocycles. The van der Waals surface area contributed by atoms with E-state index in [0.717, 1.165) is 30.9 Å². The van der Waals surface area contributed by atoms with Gasteiger partial charge in [0.2, 0.25) is 0 Å². The van der Waals surface area contributed by atoms with Crippen molar-refractivity contribution in [1.29, 1.82) is 0 Å². The summed E-state index contributed by atoms with van der Waals surface area (Å²) < 4.78 is 28.9. The van der Waals surface area contributed by atoms with E-state index in [0.29, 0.717) is 6.42 Å². The van der Waals surface area contributed by atoms with E-state index in [9.17, 15) is 8.42 Å². The van der Waals surface area contributed by atoms with Gasteiger partial charge in [0.05, 0.1) is 5.75 Å². The molecule has 0 bridgehead atoms. The van der Waals surface area contributed by atoms with Gasteiger partial charge in [0.25, 0.3) is 0 Å². The van der Waals surface area contributed by atoms with Crippen LogP contribution in [0.5, 0.6) is 0 Å². The van der Waals surface area contributed by atoms with Gasteiger partial charge in [-0.3, -0.25) is 0 Å². The second-order valence-electron chi connectivity index (χ2n) is 5.28. The van der Waals surface area contributed by atoms with Crippen LogP contribution in [0, 0.1) is 0 Å². The fourth-order valence-electron chi connectivity index (χ4n) is 2.60. The molecule has 1 fully saturated rings. The molecule has 5 nitrogen and oxygen atoms in total. The molecule has 0 atom stereocenters. The normalized spacial score (nSPS) is 17.8. The maximum absolute atomic E-state index is 12.4. The van der Waals surface area contributed by atoms with Crippen molar-refractivity contribution in [2.45, 2.75) is 50.3 Å². The summed E-state index contributed by atoms with van der Waals surface area (Å²) in [6.07, 6.45) is 6.50. The Morgan fingerprint density at radius 3 is 2.40 bits per heavy atom. The Bertz CT molecular complexity index is 532. The standard InChI is InChI=1S/C13H23N3O2S2/c1-2-10-20(17,18)11-12(14)15-19-13(11)16-8-6-4-3-5-7-9-16/h2-10H2,1H3,(H2,14,15). The number of sulfone groups is 1. The first-order chi connectivity index (χ1) is 9.56. The number of aromatic nitrogens is 1. The zero-order valence-electron chi connectivity index (χ0n) is 12.0. The molecule has 0 radical (unpaired) electrons. The molecule has 1 aromatic heterocycles. The minimum atomic E-state index is -3.32. The highest BCUT2D eigenvalue weighted by Gasteiger charge is 2.27. The summed E-state index contributed by atoms with van der Waals surface area (Å²) in [5.41, 5.74) is 5.83. The average molecular weight is 317 g/mol. The van der Waals surface area contributed by atoms with Crippen molar-refractivity contribution in [2.75, 3.05) is 29.5 Å². The van der Waals surface area contributed by atoms with E-state index < -0.39 is 9.84 Å². The maximum atomic E-state index is 12.4. The van der Waals surface area contributed by atoms with Crippen LogP contribution in [-0.4, -0.2) is 31.6 Å². The molecule has 2 heterocycles. The van der Waals surface area contributed by atoms with Gasteiger partial charge in [0.1, 0.15) is 9.90 Å². The van der Waals surface area contributed by atoms with Gasteiger partial charge in [-0.2, -0.15) is 4.37 Å². The molecule has 2 rings (SSSR count). The quantitative estimate of drug-likeness (QED) is 0.924. The van der Waals surface area contributed by atoms with Gasteiger partial charge in [-0.1, -0.05) is 26.2 Å². The minimum Gasteiger partial charge on any atom is -0.382 e. The number of anilines is 2. The molecule has 20 heavy (non-hydrogen) atoms. The van der Waals surface area contributed by atoms with Gasteiger partial charge in [0, 0.05) is 13.1 Å². The predicted octanol–water partition coefficient (Wildman–Crippen LogP) is 2.68. The highest BCUT2D eigenvalue weighted by Crippen LogP contribution is 2.36. The summed E-state index contributed by atoms with van der Waals surface area (Å²) in [6.45, 7) is 3.66. The van der Waals surface area contributed by atoms with Crippen LogP contribution >= 0.6 is 11.5 Å². The fourth-order valence-corrected chi connectivity index (χ4v) is 5.41. The minimum absolute atomic E-state index is 0.135. The number of hydrogen-bond donors (Lipinski definition) is 1. The molecule has 0 spiro atoms. The molecule has 0 amide bonds. The number of rotatable bonds is 4. The van der Waals surface area contributed by atoms with E-state index >= 15 is 0 Å². The lowest BCUT2D eigenvalue weighted by Crippen LogP contribution is -2.27. The van der Waals surface area contributed by atoms with Crippen molar-refractivity contribution in [2.24, 2.45) is 0 Å². The van der Waals surface area contributed by atoms with Crippen LogP contribution in [0.3, 0.4) is 0 Å². The van der Waals surface area contributed by atoms with E-state index in [1.54, 1.807) is 0 Å². The van der Waals surface area contributed by atoms with Gasteiger partial charge in [0.15, 0.2) is 15.7 Å². The third-order valence-corrected chi connectivity index (χ3v) is 6.61. The zero-order valence-corrected chi connectivity index (χ0v) is 13.6. The van der Waals surface area contributed by atoms with Gasteiger partial charge in [-0.05, 0) is 30.8 Å². The van der Waals surface area contributed by atoms with E-state index in [1.165, 1.54) is 30.8 Å². The Kier molecular flexibility index (Phi) is 5.26. The summed E-state index contributed by atoms with van der Waals surface area (Å²) in [5, 5.41) is 0.748.